The van der Waals surface area contributed by atoms with Gasteiger partial charge in [0.1, 0.15) is 6.26 Å². The van der Waals surface area contributed by atoms with Gasteiger partial charge in [0.05, 0.1) is 5.69 Å². The van der Waals surface area contributed by atoms with Crippen molar-refractivity contribution in [3.8, 4) is 0 Å². The van der Waals surface area contributed by atoms with Gasteiger partial charge in [-0.15, -0.1) is 0 Å². The van der Waals surface area contributed by atoms with E-state index in [0.29, 0.717) is 11.3 Å². The Labute approximate surface area is 107 Å². The van der Waals surface area contributed by atoms with Crippen LogP contribution in [-0.2, 0) is 6.54 Å². The first-order valence-corrected chi connectivity index (χ1v) is 7.24. The van der Waals surface area contributed by atoms with Gasteiger partial charge in [0.25, 0.3) is 6.01 Å². The quantitative estimate of drug-likeness (QED) is 0.892. The molecule has 0 aromatic carbocycles. The molecular weight excluding hydrogens is 234 g/mol. The zero-order chi connectivity index (χ0) is 12.3. The maximum Gasteiger partial charge on any atom is 0.297 e. The van der Waals surface area contributed by atoms with Crippen LogP contribution in [0.15, 0.2) is 10.7 Å². The molecule has 1 atom stereocenters. The van der Waals surface area contributed by atoms with Crippen LogP contribution in [0.4, 0.5) is 6.01 Å². The number of hydrogen-bond acceptors (Lipinski definition) is 5. The fourth-order valence-corrected chi connectivity index (χ4v) is 2.84. The Hall–Kier alpha value is -0.680. The zero-order valence-electron chi connectivity index (χ0n) is 10.8. The van der Waals surface area contributed by atoms with E-state index >= 15 is 0 Å². The molecule has 5 heteroatoms. The van der Waals surface area contributed by atoms with E-state index in [1.165, 1.54) is 0 Å². The van der Waals surface area contributed by atoms with Crippen molar-refractivity contribution in [3.63, 3.8) is 0 Å². The molecular formula is C12H21N3OS. The highest BCUT2D eigenvalue weighted by Gasteiger charge is 2.20. The number of hydrogen-bond donors (Lipinski definition) is 1. The highest BCUT2D eigenvalue weighted by molar-refractivity contribution is 8.00. The summed E-state index contributed by atoms with van der Waals surface area (Å²) < 4.78 is 5.55. The third-order valence-electron chi connectivity index (χ3n) is 2.74. The summed E-state index contributed by atoms with van der Waals surface area (Å²) in [5, 5.41) is 4.00. The zero-order valence-corrected chi connectivity index (χ0v) is 11.6. The van der Waals surface area contributed by atoms with Gasteiger partial charge in [-0.05, 0) is 0 Å². The summed E-state index contributed by atoms with van der Waals surface area (Å²) in [7, 11) is 0. The summed E-state index contributed by atoms with van der Waals surface area (Å²) in [6.45, 7) is 9.35. The number of oxazole rings is 1. The van der Waals surface area contributed by atoms with Gasteiger partial charge in [-0.3, -0.25) is 0 Å². The van der Waals surface area contributed by atoms with Crippen molar-refractivity contribution < 1.29 is 4.42 Å². The number of anilines is 1. The Bertz CT molecular complexity index is 353. The lowest BCUT2D eigenvalue weighted by Crippen LogP contribution is -2.36. The van der Waals surface area contributed by atoms with Crippen molar-refractivity contribution in [3.05, 3.63) is 12.0 Å². The lowest BCUT2D eigenvalue weighted by atomic mass is 10.4. The number of thioether (sulfide) groups is 1. The molecule has 0 aliphatic carbocycles. The van der Waals surface area contributed by atoms with Gasteiger partial charge in [0.2, 0.25) is 0 Å². The smallest absolute Gasteiger partial charge is 0.297 e. The van der Waals surface area contributed by atoms with Crippen LogP contribution in [0.5, 0.6) is 0 Å². The summed E-state index contributed by atoms with van der Waals surface area (Å²) in [6.07, 6.45) is 1.76. The molecule has 1 fully saturated rings. The van der Waals surface area contributed by atoms with Crippen molar-refractivity contribution in [2.45, 2.75) is 38.6 Å². The highest BCUT2D eigenvalue weighted by Crippen LogP contribution is 2.23. The van der Waals surface area contributed by atoms with Crippen LogP contribution in [-0.4, -0.2) is 35.1 Å². The average molecular weight is 255 g/mol. The van der Waals surface area contributed by atoms with Crippen molar-refractivity contribution in [1.82, 2.24) is 10.3 Å². The monoisotopic (exact) mass is 255 g/mol. The second kappa shape index (κ2) is 5.78. The topological polar surface area (TPSA) is 41.3 Å². The number of nitrogens with zero attached hydrogens (tertiary/aromatic N) is 2. The molecule has 17 heavy (non-hydrogen) atoms. The van der Waals surface area contributed by atoms with E-state index in [1.54, 1.807) is 6.26 Å². The van der Waals surface area contributed by atoms with Gasteiger partial charge in [0.15, 0.2) is 0 Å². The second-order valence-electron chi connectivity index (χ2n) is 4.78. The van der Waals surface area contributed by atoms with Crippen LogP contribution in [0.25, 0.3) is 0 Å². The average Bonchev–Trinajstić information content (AvgIpc) is 2.75. The Morgan fingerprint density at radius 2 is 2.47 bits per heavy atom. The van der Waals surface area contributed by atoms with Crippen molar-refractivity contribution in [1.29, 1.82) is 0 Å². The van der Waals surface area contributed by atoms with Crippen molar-refractivity contribution >= 4 is 17.8 Å². The summed E-state index contributed by atoms with van der Waals surface area (Å²) >= 11 is 2.01. The largest absolute Gasteiger partial charge is 0.432 e. The molecule has 0 saturated carbocycles. The summed E-state index contributed by atoms with van der Waals surface area (Å²) in [6, 6.07) is 1.25. The summed E-state index contributed by atoms with van der Waals surface area (Å²) in [5.41, 5.74) is 0.986. The molecule has 1 unspecified atom stereocenters. The van der Waals surface area contributed by atoms with Crippen molar-refractivity contribution in [2.24, 2.45) is 0 Å². The number of aromatic nitrogens is 1. The van der Waals surface area contributed by atoms with E-state index in [4.69, 9.17) is 4.42 Å². The van der Waals surface area contributed by atoms with Crippen molar-refractivity contribution in [2.75, 3.05) is 23.7 Å². The fourth-order valence-electron chi connectivity index (χ4n) is 1.82. The molecule has 1 aromatic heterocycles. The van der Waals surface area contributed by atoms with Crippen LogP contribution in [0.1, 0.15) is 26.5 Å². The van der Waals surface area contributed by atoms with Gasteiger partial charge in [-0.25, -0.2) is 0 Å². The molecule has 0 radical (unpaired) electrons. The first-order chi connectivity index (χ1) is 8.15. The van der Waals surface area contributed by atoms with E-state index in [9.17, 15) is 0 Å². The standard InChI is InChI=1S/C12H21N3OS/c1-9(2)13-6-11-8-16-12(14-11)15-4-5-17-10(3)7-15/h8-10,13H,4-7H2,1-3H3. The molecule has 4 nitrogen and oxygen atoms in total. The SMILES string of the molecule is CC(C)NCc1coc(N2CCSC(C)C2)n1. The van der Waals surface area contributed by atoms with Crippen LogP contribution < -0.4 is 10.2 Å². The van der Waals surface area contributed by atoms with E-state index < -0.39 is 0 Å². The van der Waals surface area contributed by atoms with Gasteiger partial charge < -0.3 is 14.6 Å². The summed E-state index contributed by atoms with van der Waals surface area (Å²) in [5.74, 6) is 1.16. The maximum absolute atomic E-state index is 5.55. The normalized spacial score (nSPS) is 21.2. The second-order valence-corrected chi connectivity index (χ2v) is 6.33. The predicted molar refractivity (Wildman–Crippen MR) is 72.6 cm³/mol. The minimum absolute atomic E-state index is 0.474. The van der Waals surface area contributed by atoms with Crippen LogP contribution in [0.3, 0.4) is 0 Å². The van der Waals surface area contributed by atoms with Gasteiger partial charge in [-0.2, -0.15) is 16.7 Å². The first kappa shape index (κ1) is 12.8. The third-order valence-corrected chi connectivity index (χ3v) is 3.88. The first-order valence-electron chi connectivity index (χ1n) is 6.19. The fraction of sp³-hybridized carbons (Fsp3) is 0.750. The maximum atomic E-state index is 5.55. The van der Waals surface area contributed by atoms with Crippen LogP contribution >= 0.6 is 11.8 Å². The van der Waals surface area contributed by atoms with Gasteiger partial charge in [0, 0.05) is 36.7 Å². The molecule has 2 heterocycles. The minimum Gasteiger partial charge on any atom is -0.432 e. The Morgan fingerprint density at radius 1 is 1.65 bits per heavy atom. The van der Waals surface area contributed by atoms with Crippen LogP contribution in [0, 0.1) is 0 Å². The molecule has 1 saturated heterocycles. The number of nitrogens with one attached hydrogen (secondary N) is 1. The lowest BCUT2D eigenvalue weighted by molar-refractivity contribution is 0.530. The molecule has 1 N–H and O–H groups in total. The molecule has 0 bridgehead atoms. The Morgan fingerprint density at radius 3 is 3.18 bits per heavy atom. The molecule has 2 rings (SSSR count). The van der Waals surface area contributed by atoms with Gasteiger partial charge in [-0.1, -0.05) is 20.8 Å². The molecule has 96 valence electrons. The summed E-state index contributed by atoms with van der Waals surface area (Å²) in [4.78, 5) is 6.76. The minimum atomic E-state index is 0.474. The molecule has 0 spiro atoms. The van der Waals surface area contributed by atoms with E-state index in [1.807, 2.05) is 11.8 Å². The Kier molecular flexibility index (Phi) is 4.34. The lowest BCUT2D eigenvalue weighted by Gasteiger charge is -2.28. The highest BCUT2D eigenvalue weighted by atomic mass is 32.2. The third kappa shape index (κ3) is 3.64. The molecule has 0 amide bonds. The van der Waals surface area contributed by atoms with Gasteiger partial charge >= 0.3 is 0 Å². The van der Waals surface area contributed by atoms with E-state index in [-0.39, 0.29) is 0 Å². The van der Waals surface area contributed by atoms with Crippen LogP contribution in [0.2, 0.25) is 0 Å². The van der Waals surface area contributed by atoms with E-state index in [2.05, 4.69) is 36.0 Å². The Balaban J connectivity index is 1.92. The predicted octanol–water partition coefficient (Wildman–Crippen LogP) is 2.11. The number of rotatable bonds is 4. The molecule has 1 aliphatic rings. The van der Waals surface area contributed by atoms with E-state index in [0.717, 1.165) is 37.1 Å². The molecule has 1 aliphatic heterocycles. The molecule has 1 aromatic rings.